The van der Waals surface area contributed by atoms with E-state index in [9.17, 15) is 23.2 Å². The molecule has 2 aliphatic carbocycles. The molecule has 6 aromatic rings. The number of hydrogen-bond donors (Lipinski definition) is 2. The van der Waals surface area contributed by atoms with Crippen LogP contribution in [-0.4, -0.2) is 112 Å². The molecule has 5 aromatic heterocycles. The number of alkyl halides is 2. The lowest BCUT2D eigenvalue weighted by molar-refractivity contribution is -0.135. The summed E-state index contributed by atoms with van der Waals surface area (Å²) in [5, 5.41) is 24.3. The van der Waals surface area contributed by atoms with Gasteiger partial charge in [-0.25, -0.2) is 18.3 Å². The average Bonchev–Trinajstić information content (AvgIpc) is 3.92. The Hall–Kier alpha value is -6.08. The molecule has 2 saturated carbocycles. The molecule has 11 rings (SSSR count). The normalized spacial score (nSPS) is 25.3. The first-order valence-electron chi connectivity index (χ1n) is 22.6. The van der Waals surface area contributed by atoms with Gasteiger partial charge in [0.1, 0.15) is 17.4 Å². The Bertz CT molecular complexity index is 2730. The number of likely N-dealkylation sites (tertiary alicyclic amines) is 1. The second-order valence-corrected chi connectivity index (χ2v) is 18.3. The molecule has 3 aliphatic heterocycles. The van der Waals surface area contributed by atoms with Crippen molar-refractivity contribution in [3.8, 4) is 11.1 Å². The van der Waals surface area contributed by atoms with Gasteiger partial charge < -0.3 is 19.9 Å². The Kier molecular flexibility index (Phi) is 10.5. The van der Waals surface area contributed by atoms with Crippen molar-refractivity contribution in [3.05, 3.63) is 72.2 Å². The van der Waals surface area contributed by atoms with E-state index in [1.54, 1.807) is 21.8 Å². The number of imide groups is 1. The van der Waals surface area contributed by atoms with E-state index in [0.717, 1.165) is 92.6 Å². The summed E-state index contributed by atoms with van der Waals surface area (Å²) < 4.78 is 41.2. The second kappa shape index (κ2) is 16.5. The summed E-state index contributed by atoms with van der Waals surface area (Å²) in [5.41, 5.74) is 3.85. The summed E-state index contributed by atoms with van der Waals surface area (Å²) in [4.78, 5) is 47.4. The van der Waals surface area contributed by atoms with Gasteiger partial charge in [0.2, 0.25) is 5.91 Å². The maximum atomic E-state index is 14.3. The van der Waals surface area contributed by atoms with Crippen molar-refractivity contribution in [3.63, 3.8) is 0 Å². The van der Waals surface area contributed by atoms with Crippen molar-refractivity contribution >= 4 is 45.8 Å². The van der Waals surface area contributed by atoms with E-state index in [0.29, 0.717) is 67.7 Å². The number of carbonyl (C=O) groups is 3. The summed E-state index contributed by atoms with van der Waals surface area (Å²) in [6, 6.07) is 7.34. The number of aryl methyl sites for hydroxylation is 1. The van der Waals surface area contributed by atoms with Crippen LogP contribution in [0.4, 0.5) is 20.3 Å². The first-order chi connectivity index (χ1) is 31.1. The topological polar surface area (TPSA) is 175 Å². The number of anilines is 2. The van der Waals surface area contributed by atoms with Crippen molar-refractivity contribution in [2.75, 3.05) is 56.2 Å². The van der Waals surface area contributed by atoms with Crippen molar-refractivity contribution in [2.45, 2.75) is 76.9 Å². The van der Waals surface area contributed by atoms with Crippen LogP contribution < -0.4 is 15.5 Å². The highest BCUT2D eigenvalue weighted by molar-refractivity contribution is 6.08. The summed E-state index contributed by atoms with van der Waals surface area (Å²) >= 11 is 0. The maximum Gasteiger partial charge on any atom is 0.284 e. The number of benzene rings is 1. The first kappa shape index (κ1) is 40.7. The number of rotatable bonds is 11. The summed E-state index contributed by atoms with van der Waals surface area (Å²) in [6.45, 7) is 8.77. The molecule has 3 amide bonds. The standard InChI is InChI=1S/C45H51F2N13O4/c1-26-40-30(4-2-5-36(40)60(53-26)37-10-11-39(61)52-45(37)63)28-18-48-57(21-28)24-34-32-22-55(23-33(32)34)20-27-6-8-29(9-7-27)59-25-35(41(54-59)42(46)47)50-44(62)31-19-49-58-14-12-38(51-43(31)58)56-13-3-16-64-17-15-56/h2,4-5,12,14,18-19,21,25,27,29,32-34,37,42H,3,6-11,13,15-17,20,22-24H2,1H3,(H,50,62)(H,52,61,63)/t27?,29?,32-,33?,34?,37?/m1/s1. The number of amides is 3. The zero-order chi connectivity index (χ0) is 43.6. The molecule has 4 atom stereocenters. The maximum absolute atomic E-state index is 14.3. The predicted octanol–water partition coefficient (Wildman–Crippen LogP) is 5.45. The number of halogens is 2. The third-order valence-corrected chi connectivity index (χ3v) is 14.3. The fourth-order valence-corrected chi connectivity index (χ4v) is 10.9. The van der Waals surface area contributed by atoms with E-state index in [1.165, 1.54) is 10.7 Å². The minimum Gasteiger partial charge on any atom is -0.380 e. The molecule has 0 bridgehead atoms. The molecule has 3 saturated heterocycles. The van der Waals surface area contributed by atoms with Gasteiger partial charge in [-0.2, -0.15) is 20.4 Å². The summed E-state index contributed by atoms with van der Waals surface area (Å²) in [6.07, 6.45) is 11.1. The van der Waals surface area contributed by atoms with Crippen LogP contribution in [0, 0.1) is 30.6 Å². The Morgan fingerprint density at radius 2 is 1.81 bits per heavy atom. The van der Waals surface area contributed by atoms with E-state index in [-0.39, 0.29) is 29.1 Å². The van der Waals surface area contributed by atoms with Gasteiger partial charge in [0.15, 0.2) is 11.3 Å². The number of ether oxygens (including phenoxy) is 1. The monoisotopic (exact) mass is 875 g/mol. The minimum absolute atomic E-state index is 0.00553. The van der Waals surface area contributed by atoms with Crippen molar-refractivity contribution < 1.29 is 27.9 Å². The highest BCUT2D eigenvalue weighted by Gasteiger charge is 2.55. The lowest BCUT2D eigenvalue weighted by Gasteiger charge is -2.32. The van der Waals surface area contributed by atoms with Gasteiger partial charge in [0, 0.05) is 81.8 Å². The van der Waals surface area contributed by atoms with Gasteiger partial charge in [0.05, 0.1) is 41.9 Å². The lowest BCUT2D eigenvalue weighted by Crippen LogP contribution is -2.42. The average molecular weight is 876 g/mol. The molecule has 1 aromatic carbocycles. The number of hydrogen-bond acceptors (Lipinski definition) is 11. The predicted molar refractivity (Wildman–Crippen MR) is 231 cm³/mol. The van der Waals surface area contributed by atoms with Crippen LogP contribution in [0.1, 0.15) is 85.2 Å². The number of piperidine rings is 2. The largest absolute Gasteiger partial charge is 0.380 e. The zero-order valence-corrected chi connectivity index (χ0v) is 35.7. The Labute approximate surface area is 367 Å². The molecule has 8 heterocycles. The molecule has 64 heavy (non-hydrogen) atoms. The molecule has 0 radical (unpaired) electrons. The molecule has 5 aliphatic rings. The Balaban J connectivity index is 0.676. The lowest BCUT2D eigenvalue weighted by atomic mass is 9.85. The van der Waals surface area contributed by atoms with Crippen molar-refractivity contribution in [1.82, 2.24) is 54.2 Å². The molecule has 17 nitrogen and oxygen atoms in total. The Morgan fingerprint density at radius 3 is 2.62 bits per heavy atom. The van der Waals surface area contributed by atoms with Crippen molar-refractivity contribution in [1.29, 1.82) is 0 Å². The van der Waals surface area contributed by atoms with Crippen LogP contribution in [0.25, 0.3) is 27.7 Å². The van der Waals surface area contributed by atoms with E-state index >= 15 is 0 Å². The van der Waals surface area contributed by atoms with Crippen LogP contribution in [0.15, 0.2) is 55.2 Å². The summed E-state index contributed by atoms with van der Waals surface area (Å²) in [5.74, 6) is 2.01. The molecule has 2 N–H and O–H groups in total. The van der Waals surface area contributed by atoms with Gasteiger partial charge in [-0.15, -0.1) is 0 Å². The zero-order valence-electron chi connectivity index (χ0n) is 35.7. The number of fused-ring (bicyclic) bond motifs is 3. The Morgan fingerprint density at radius 1 is 0.969 bits per heavy atom. The van der Waals surface area contributed by atoms with Crippen LogP contribution >= 0.6 is 0 Å². The molecule has 0 spiro atoms. The number of nitrogens with one attached hydrogen (secondary N) is 2. The summed E-state index contributed by atoms with van der Waals surface area (Å²) in [7, 11) is 0. The van der Waals surface area contributed by atoms with Gasteiger partial charge in [-0.05, 0) is 86.8 Å². The highest BCUT2D eigenvalue weighted by Crippen LogP contribution is 2.53. The number of carbonyl (C=O) groups excluding carboxylic acids is 3. The number of nitrogens with zero attached hydrogens (tertiary/aromatic N) is 11. The van der Waals surface area contributed by atoms with Crippen LogP contribution in [0.5, 0.6) is 0 Å². The molecule has 3 unspecified atom stereocenters. The minimum atomic E-state index is -2.85. The van der Waals surface area contributed by atoms with Gasteiger partial charge >= 0.3 is 0 Å². The molecule has 334 valence electrons. The SMILES string of the molecule is Cc1nn(C2CCC(=O)NC2=O)c2cccc(-c3cnn(CC4C5CN(CC6CCC(n7cc(NC(=O)c8cnn9ccc(N%10CCCOCC%10)nc89)c(C(F)F)n7)CC6)C[C@H]54)c3)c12. The fraction of sp³-hybridized carbons (Fsp3) is 0.511. The number of aromatic nitrogens is 9. The van der Waals surface area contributed by atoms with E-state index in [4.69, 9.17) is 19.9 Å². The third-order valence-electron chi connectivity index (χ3n) is 14.3. The van der Waals surface area contributed by atoms with Crippen LogP contribution in [0.3, 0.4) is 0 Å². The van der Waals surface area contributed by atoms with Gasteiger partial charge in [0.25, 0.3) is 18.2 Å². The molecular weight excluding hydrogens is 825 g/mol. The van der Waals surface area contributed by atoms with Gasteiger partial charge in [-0.1, -0.05) is 12.1 Å². The first-order valence-corrected chi connectivity index (χ1v) is 22.6. The van der Waals surface area contributed by atoms with Crippen LogP contribution in [0.2, 0.25) is 0 Å². The van der Waals surface area contributed by atoms with Crippen LogP contribution in [-0.2, 0) is 20.9 Å². The highest BCUT2D eigenvalue weighted by atomic mass is 19.3. The van der Waals surface area contributed by atoms with E-state index in [2.05, 4.69) is 47.6 Å². The van der Waals surface area contributed by atoms with E-state index < -0.39 is 24.1 Å². The van der Waals surface area contributed by atoms with Gasteiger partial charge in [-0.3, -0.25) is 33.7 Å². The van der Waals surface area contributed by atoms with E-state index in [1.807, 2.05) is 31.3 Å². The quantitative estimate of drug-likeness (QED) is 0.159. The molecule has 5 fully saturated rings. The smallest absolute Gasteiger partial charge is 0.284 e. The van der Waals surface area contributed by atoms with Crippen molar-refractivity contribution in [2.24, 2.45) is 23.7 Å². The second-order valence-electron chi connectivity index (χ2n) is 18.3. The molecule has 19 heteroatoms. The fourth-order valence-electron chi connectivity index (χ4n) is 10.9. The third kappa shape index (κ3) is 7.61. The molecular formula is C45H51F2N13O4.